The van der Waals surface area contributed by atoms with E-state index in [9.17, 15) is 52.8 Å². The highest BCUT2D eigenvalue weighted by Gasteiger charge is 2.51. The van der Waals surface area contributed by atoms with Gasteiger partial charge in [0.1, 0.15) is 41.3 Å². The fourth-order valence-corrected chi connectivity index (χ4v) is 6.08. The van der Waals surface area contributed by atoms with Crippen molar-refractivity contribution in [3.05, 3.63) is 62.8 Å². The Hall–Kier alpha value is -4.03. The molecular formula is C27H26F3N3O11. The molecule has 4 aliphatic rings. The number of nitrogens with one attached hydrogen (secondary N) is 1. The van der Waals surface area contributed by atoms with Crippen molar-refractivity contribution in [2.75, 3.05) is 0 Å². The lowest BCUT2D eigenvalue weighted by molar-refractivity contribution is -0.271. The quantitative estimate of drug-likeness (QED) is 0.270. The molecule has 1 aliphatic carbocycles. The van der Waals surface area contributed by atoms with Gasteiger partial charge in [-0.05, 0) is 19.3 Å². The lowest BCUT2D eigenvalue weighted by Crippen LogP contribution is -2.61. The Labute approximate surface area is 245 Å². The van der Waals surface area contributed by atoms with E-state index in [1.807, 2.05) is 0 Å². The van der Waals surface area contributed by atoms with Crippen molar-refractivity contribution in [1.82, 2.24) is 14.8 Å². The third-order valence-electron chi connectivity index (χ3n) is 8.26. The molecule has 4 heterocycles. The zero-order valence-corrected chi connectivity index (χ0v) is 22.6. The van der Waals surface area contributed by atoms with Crippen LogP contribution in [0.4, 0.5) is 13.2 Å². The molecule has 2 aromatic rings. The molecule has 1 aromatic carbocycles. The summed E-state index contributed by atoms with van der Waals surface area (Å²) in [4.78, 5) is 53.7. The zero-order valence-electron chi connectivity index (χ0n) is 22.6. The zero-order chi connectivity index (χ0) is 31.6. The summed E-state index contributed by atoms with van der Waals surface area (Å²) in [7, 11) is 0. The molecule has 0 radical (unpaired) electrons. The van der Waals surface area contributed by atoms with Gasteiger partial charge in [-0.2, -0.15) is 0 Å². The lowest BCUT2D eigenvalue weighted by atomic mass is 9.99. The number of carbonyl (C=O) groups excluding carboxylic acids is 2. The van der Waals surface area contributed by atoms with Crippen molar-refractivity contribution >= 4 is 17.8 Å². The Morgan fingerprint density at radius 3 is 2.41 bits per heavy atom. The Kier molecular flexibility index (Phi) is 7.61. The van der Waals surface area contributed by atoms with Crippen LogP contribution in [0.1, 0.15) is 45.7 Å². The highest BCUT2D eigenvalue weighted by molar-refractivity contribution is 5.99. The molecule has 6 rings (SSSR count). The summed E-state index contributed by atoms with van der Waals surface area (Å²) < 4.78 is 59.5. The van der Waals surface area contributed by atoms with E-state index in [2.05, 4.69) is 5.32 Å². The van der Waals surface area contributed by atoms with E-state index in [0.717, 1.165) is 6.20 Å². The summed E-state index contributed by atoms with van der Waals surface area (Å²) in [5, 5.41) is 42.3. The summed E-state index contributed by atoms with van der Waals surface area (Å²) in [5.41, 5.74) is -3.02. The first-order valence-corrected chi connectivity index (χ1v) is 13.6. The van der Waals surface area contributed by atoms with Crippen LogP contribution in [0.15, 0.2) is 23.1 Å². The minimum Gasteiger partial charge on any atom is -0.479 e. The van der Waals surface area contributed by atoms with E-state index >= 15 is 0 Å². The van der Waals surface area contributed by atoms with Crippen LogP contribution in [0.5, 0.6) is 5.75 Å². The minimum absolute atomic E-state index is 0.0839. The van der Waals surface area contributed by atoms with Crippen LogP contribution in [0, 0.1) is 17.5 Å². The molecular weight excluding hydrogens is 599 g/mol. The smallest absolute Gasteiger partial charge is 0.335 e. The van der Waals surface area contributed by atoms with Gasteiger partial charge < -0.3 is 49.4 Å². The van der Waals surface area contributed by atoms with Crippen LogP contribution >= 0.6 is 0 Å². The molecule has 2 bridgehead atoms. The number of pyridine rings is 1. The Bertz CT molecular complexity index is 1580. The molecule has 0 unspecified atom stereocenters. The second kappa shape index (κ2) is 11.2. The molecule has 3 aliphatic heterocycles. The SMILES string of the molecule is O=C(NCc1c(F)cc(F)cc1F)c1cn2c(c(O[C@@H]3O[C@H](C(=O)O)[C@@H](O)[C@H](O)[C@H]3O)c1=O)C(=O)N1[C@H]3CC[C@H](C3)O[C@@H]1C2. The number of aromatic nitrogens is 1. The van der Waals surface area contributed by atoms with Gasteiger partial charge in [-0.1, -0.05) is 0 Å². The number of nitrogens with zero attached hydrogens (tertiary/aromatic N) is 2. The van der Waals surface area contributed by atoms with E-state index in [1.54, 1.807) is 0 Å². The van der Waals surface area contributed by atoms with Crippen molar-refractivity contribution < 1.29 is 62.2 Å². The summed E-state index contributed by atoms with van der Waals surface area (Å²) in [5.74, 6) is -8.26. The number of aliphatic hydroxyl groups is 3. The van der Waals surface area contributed by atoms with Crippen LogP contribution in [0.25, 0.3) is 0 Å². The predicted molar refractivity (Wildman–Crippen MR) is 136 cm³/mol. The number of carboxylic acid groups (broad SMARTS) is 1. The van der Waals surface area contributed by atoms with Gasteiger partial charge in [-0.3, -0.25) is 14.4 Å². The number of fused-ring (bicyclic) bond motifs is 5. The van der Waals surface area contributed by atoms with Gasteiger partial charge in [0.15, 0.2) is 23.8 Å². The number of carboxylic acids is 1. The third-order valence-corrected chi connectivity index (χ3v) is 8.26. The van der Waals surface area contributed by atoms with Gasteiger partial charge in [-0.25, -0.2) is 18.0 Å². The van der Waals surface area contributed by atoms with Gasteiger partial charge in [0.05, 0.1) is 12.6 Å². The minimum atomic E-state index is -2.11. The van der Waals surface area contributed by atoms with Crippen LogP contribution in [-0.2, 0) is 27.4 Å². The van der Waals surface area contributed by atoms with E-state index in [-0.39, 0.29) is 18.7 Å². The van der Waals surface area contributed by atoms with Crippen molar-refractivity contribution in [3.63, 3.8) is 0 Å². The molecule has 44 heavy (non-hydrogen) atoms. The van der Waals surface area contributed by atoms with Crippen molar-refractivity contribution in [3.8, 4) is 5.75 Å². The van der Waals surface area contributed by atoms with E-state index in [1.165, 1.54) is 9.47 Å². The fraction of sp³-hybridized carbons (Fsp3) is 0.481. The van der Waals surface area contributed by atoms with Crippen molar-refractivity contribution in [2.45, 2.75) is 81.4 Å². The van der Waals surface area contributed by atoms with E-state index in [4.69, 9.17) is 14.2 Å². The average molecular weight is 626 g/mol. The van der Waals surface area contributed by atoms with Gasteiger partial charge in [-0.15, -0.1) is 0 Å². The Morgan fingerprint density at radius 2 is 1.73 bits per heavy atom. The first kappa shape index (κ1) is 30.0. The van der Waals surface area contributed by atoms with Crippen LogP contribution in [0.3, 0.4) is 0 Å². The largest absolute Gasteiger partial charge is 0.479 e. The molecule has 1 aromatic heterocycles. The Balaban J connectivity index is 1.39. The number of hydrogen-bond acceptors (Lipinski definition) is 10. The number of amides is 2. The Morgan fingerprint density at radius 1 is 1.02 bits per heavy atom. The summed E-state index contributed by atoms with van der Waals surface area (Å²) in [6.45, 7) is -0.885. The summed E-state index contributed by atoms with van der Waals surface area (Å²) >= 11 is 0. The van der Waals surface area contributed by atoms with Gasteiger partial charge >= 0.3 is 5.97 Å². The van der Waals surface area contributed by atoms with Crippen LogP contribution in [-0.4, -0.2) is 96.8 Å². The molecule has 17 heteroatoms. The maximum atomic E-state index is 14.2. The van der Waals surface area contributed by atoms with Gasteiger partial charge in [0.25, 0.3) is 11.8 Å². The molecule has 1 saturated carbocycles. The normalized spacial score (nSPS) is 30.9. The number of ether oxygens (including phenoxy) is 3. The third kappa shape index (κ3) is 4.99. The lowest BCUT2D eigenvalue weighted by Gasteiger charge is -2.45. The highest BCUT2D eigenvalue weighted by Crippen LogP contribution is 2.39. The molecule has 8 atom stereocenters. The summed E-state index contributed by atoms with van der Waals surface area (Å²) in [6.07, 6.45) is -8.51. The standard InChI is InChI=1S/C27H26F3N3O11/c28-9-3-14(29)12(15(30)4-9)6-31-24(38)13-7-32-8-16-33(10-1-2-11(5-10)42-16)25(39)17(32)22(18(13)34)43-27-21(37)19(35)20(36)23(44-27)26(40)41/h3-4,7,10-11,16,19-21,23,27,35-37H,1-2,5-6,8H2,(H,31,38)(H,40,41)/t10-,11+,16+,19-,20-,21+,23-,27+/m0/s1. The number of halogens is 3. The maximum absolute atomic E-state index is 14.2. The van der Waals surface area contributed by atoms with E-state index in [0.29, 0.717) is 31.4 Å². The van der Waals surface area contributed by atoms with Gasteiger partial charge in [0.2, 0.25) is 11.7 Å². The number of hydrogen-bond donors (Lipinski definition) is 5. The van der Waals surface area contributed by atoms with Crippen molar-refractivity contribution in [1.29, 1.82) is 0 Å². The number of carbonyl (C=O) groups is 3. The maximum Gasteiger partial charge on any atom is 0.335 e. The molecule has 14 nitrogen and oxygen atoms in total. The topological polar surface area (TPSA) is 197 Å². The summed E-state index contributed by atoms with van der Waals surface area (Å²) in [6, 6.07) is 0.588. The fourth-order valence-electron chi connectivity index (χ4n) is 6.08. The van der Waals surface area contributed by atoms with Crippen molar-refractivity contribution in [2.24, 2.45) is 0 Å². The number of aliphatic hydroxyl groups excluding tert-OH is 3. The first-order valence-electron chi connectivity index (χ1n) is 13.6. The second-order valence-electron chi connectivity index (χ2n) is 11.0. The van der Waals surface area contributed by atoms with Crippen LogP contribution in [0.2, 0.25) is 0 Å². The second-order valence-corrected chi connectivity index (χ2v) is 11.0. The molecule has 2 amide bonds. The molecule has 2 saturated heterocycles. The number of rotatable bonds is 6. The van der Waals surface area contributed by atoms with Gasteiger partial charge in [0, 0.05) is 36.5 Å². The highest BCUT2D eigenvalue weighted by atomic mass is 19.1. The molecule has 0 spiro atoms. The predicted octanol–water partition coefficient (Wildman–Crippen LogP) is -0.800. The monoisotopic (exact) mass is 625 g/mol. The molecule has 236 valence electrons. The number of aliphatic carboxylic acids is 1. The average Bonchev–Trinajstić information content (AvgIpc) is 3.33. The molecule has 5 N–H and O–H groups in total. The first-order chi connectivity index (χ1) is 20.8. The van der Waals surface area contributed by atoms with E-state index < -0.39 is 107 Å². The molecule has 3 fully saturated rings. The van der Waals surface area contributed by atoms with Crippen LogP contribution < -0.4 is 15.5 Å². The number of benzene rings is 1.